The number of carbonyl (C=O) groups excluding carboxylic acids is 1. The molecule has 0 aliphatic carbocycles. The molecule has 0 radical (unpaired) electrons. The molecule has 2 aromatic rings. The molecule has 122 valence electrons. The number of nitrogens with one attached hydrogen (secondary N) is 2. The SMILES string of the molecule is CCN[C@H](C)CNC(=O)Cc1coc2c(C)c(C)ccc12.Cl. The fraction of sp³-hybridized carbons (Fsp3) is 0.471. The van der Waals surface area contributed by atoms with E-state index in [4.69, 9.17) is 4.42 Å². The molecular formula is C17H25ClN2O2. The molecule has 1 aromatic heterocycles. The van der Waals surface area contributed by atoms with Crippen molar-refractivity contribution in [2.24, 2.45) is 0 Å². The fourth-order valence-electron chi connectivity index (χ4n) is 2.45. The molecule has 0 bridgehead atoms. The first-order valence-corrected chi connectivity index (χ1v) is 7.49. The van der Waals surface area contributed by atoms with Gasteiger partial charge in [-0.05, 0) is 38.4 Å². The number of hydrogen-bond acceptors (Lipinski definition) is 3. The number of likely N-dealkylation sites (N-methyl/N-ethyl adjacent to an activating group) is 1. The highest BCUT2D eigenvalue weighted by molar-refractivity contribution is 5.89. The van der Waals surface area contributed by atoms with Gasteiger partial charge >= 0.3 is 0 Å². The summed E-state index contributed by atoms with van der Waals surface area (Å²) in [5.41, 5.74) is 4.17. The predicted octanol–water partition coefficient (Wildman–Crippen LogP) is 3.13. The molecule has 0 saturated carbocycles. The van der Waals surface area contributed by atoms with Gasteiger partial charge in [-0.25, -0.2) is 0 Å². The first-order valence-electron chi connectivity index (χ1n) is 7.49. The summed E-state index contributed by atoms with van der Waals surface area (Å²) in [4.78, 5) is 12.0. The molecule has 2 N–H and O–H groups in total. The van der Waals surface area contributed by atoms with Gasteiger partial charge in [0.25, 0.3) is 0 Å². The van der Waals surface area contributed by atoms with Crippen molar-refractivity contribution < 1.29 is 9.21 Å². The van der Waals surface area contributed by atoms with E-state index in [0.29, 0.717) is 13.0 Å². The highest BCUT2D eigenvalue weighted by Crippen LogP contribution is 2.26. The van der Waals surface area contributed by atoms with Crippen molar-refractivity contribution in [1.82, 2.24) is 10.6 Å². The van der Waals surface area contributed by atoms with E-state index in [1.807, 2.05) is 13.0 Å². The minimum absolute atomic E-state index is 0. The first-order chi connectivity index (χ1) is 10.0. The molecule has 0 saturated heterocycles. The molecule has 0 spiro atoms. The van der Waals surface area contributed by atoms with Gasteiger partial charge in [-0.2, -0.15) is 0 Å². The lowest BCUT2D eigenvalue weighted by Gasteiger charge is -2.12. The number of rotatable bonds is 6. The molecule has 1 aromatic carbocycles. The second kappa shape index (κ2) is 8.20. The Kier molecular flexibility index (Phi) is 6.91. The lowest BCUT2D eigenvalue weighted by atomic mass is 10.0. The summed E-state index contributed by atoms with van der Waals surface area (Å²) in [6.45, 7) is 9.76. The zero-order valence-corrected chi connectivity index (χ0v) is 14.5. The van der Waals surface area contributed by atoms with Crippen LogP contribution in [-0.2, 0) is 11.2 Å². The minimum Gasteiger partial charge on any atom is -0.464 e. The van der Waals surface area contributed by atoms with Crippen LogP contribution >= 0.6 is 12.4 Å². The Hall–Kier alpha value is -1.52. The third-order valence-corrected chi connectivity index (χ3v) is 3.85. The van der Waals surface area contributed by atoms with Crippen molar-refractivity contribution in [2.75, 3.05) is 13.1 Å². The monoisotopic (exact) mass is 324 g/mol. The summed E-state index contributed by atoms with van der Waals surface area (Å²) in [5, 5.41) is 7.26. The smallest absolute Gasteiger partial charge is 0.224 e. The lowest BCUT2D eigenvalue weighted by Crippen LogP contribution is -2.39. The number of furan rings is 1. The zero-order valence-electron chi connectivity index (χ0n) is 13.7. The molecule has 0 fully saturated rings. The largest absolute Gasteiger partial charge is 0.464 e. The summed E-state index contributed by atoms with van der Waals surface area (Å²) in [5.74, 6) is 0.0284. The average Bonchev–Trinajstić information content (AvgIpc) is 2.85. The summed E-state index contributed by atoms with van der Waals surface area (Å²) >= 11 is 0. The predicted molar refractivity (Wildman–Crippen MR) is 92.8 cm³/mol. The van der Waals surface area contributed by atoms with Crippen LogP contribution in [0.1, 0.15) is 30.5 Å². The van der Waals surface area contributed by atoms with Crippen molar-refractivity contribution in [2.45, 2.75) is 40.2 Å². The van der Waals surface area contributed by atoms with E-state index in [2.05, 4.69) is 37.5 Å². The number of hydrogen-bond donors (Lipinski definition) is 2. The molecular weight excluding hydrogens is 300 g/mol. The van der Waals surface area contributed by atoms with E-state index >= 15 is 0 Å². The van der Waals surface area contributed by atoms with Gasteiger partial charge < -0.3 is 15.1 Å². The highest BCUT2D eigenvalue weighted by Gasteiger charge is 2.13. The molecule has 1 atom stereocenters. The number of fused-ring (bicyclic) bond motifs is 1. The molecule has 22 heavy (non-hydrogen) atoms. The second-order valence-corrected chi connectivity index (χ2v) is 5.58. The van der Waals surface area contributed by atoms with E-state index in [-0.39, 0.29) is 24.4 Å². The van der Waals surface area contributed by atoms with Crippen molar-refractivity contribution in [1.29, 1.82) is 0 Å². The van der Waals surface area contributed by atoms with Crippen LogP contribution < -0.4 is 10.6 Å². The Morgan fingerprint density at radius 1 is 1.32 bits per heavy atom. The van der Waals surface area contributed by atoms with Gasteiger partial charge in [-0.3, -0.25) is 4.79 Å². The molecule has 0 unspecified atom stereocenters. The Bertz CT molecular complexity index is 637. The molecule has 0 aliphatic heterocycles. The maximum Gasteiger partial charge on any atom is 0.224 e. The van der Waals surface area contributed by atoms with E-state index in [9.17, 15) is 4.79 Å². The van der Waals surface area contributed by atoms with Crippen LogP contribution in [-0.4, -0.2) is 25.0 Å². The number of aryl methyl sites for hydroxylation is 2. The number of amides is 1. The molecule has 1 amide bonds. The third-order valence-electron chi connectivity index (χ3n) is 3.85. The molecule has 2 rings (SSSR count). The molecule has 5 heteroatoms. The van der Waals surface area contributed by atoms with Gasteiger partial charge in [0.1, 0.15) is 5.58 Å². The van der Waals surface area contributed by atoms with Crippen molar-refractivity contribution in [3.8, 4) is 0 Å². The molecule has 4 nitrogen and oxygen atoms in total. The van der Waals surface area contributed by atoms with E-state index in [1.54, 1.807) is 6.26 Å². The van der Waals surface area contributed by atoms with Gasteiger partial charge in [0.05, 0.1) is 12.7 Å². The number of halogens is 1. The summed E-state index contributed by atoms with van der Waals surface area (Å²) in [6, 6.07) is 4.39. The first kappa shape index (κ1) is 18.5. The standard InChI is InChI=1S/C17H24N2O2.ClH/c1-5-18-12(3)9-19-16(20)8-14-10-21-17-13(4)11(2)6-7-15(14)17;/h6-7,10,12,18H,5,8-9H2,1-4H3,(H,19,20);1H/t12-;/m1./s1. The van der Waals surface area contributed by atoms with Crippen molar-refractivity contribution in [3.63, 3.8) is 0 Å². The lowest BCUT2D eigenvalue weighted by molar-refractivity contribution is -0.120. The number of benzene rings is 1. The maximum absolute atomic E-state index is 12.0. The Morgan fingerprint density at radius 2 is 2.05 bits per heavy atom. The van der Waals surface area contributed by atoms with Crippen LogP contribution in [0, 0.1) is 13.8 Å². The van der Waals surface area contributed by atoms with Crippen LogP contribution in [0.2, 0.25) is 0 Å². The van der Waals surface area contributed by atoms with Gasteiger partial charge in [-0.15, -0.1) is 12.4 Å². The maximum atomic E-state index is 12.0. The van der Waals surface area contributed by atoms with Crippen LogP contribution in [0.3, 0.4) is 0 Å². The minimum atomic E-state index is 0. The summed E-state index contributed by atoms with van der Waals surface area (Å²) < 4.78 is 5.63. The Morgan fingerprint density at radius 3 is 2.73 bits per heavy atom. The Labute approximate surface area is 138 Å². The van der Waals surface area contributed by atoms with Gasteiger partial charge in [0, 0.05) is 23.5 Å². The normalized spacial score (nSPS) is 12.0. The molecule has 1 heterocycles. The zero-order chi connectivity index (χ0) is 15.4. The van der Waals surface area contributed by atoms with Crippen LogP contribution in [0.5, 0.6) is 0 Å². The topological polar surface area (TPSA) is 54.3 Å². The summed E-state index contributed by atoms with van der Waals surface area (Å²) in [6.07, 6.45) is 2.05. The number of carbonyl (C=O) groups is 1. The molecule has 0 aliphatic rings. The fourth-order valence-corrected chi connectivity index (χ4v) is 2.45. The Balaban J connectivity index is 0.00000242. The average molecular weight is 325 g/mol. The second-order valence-electron chi connectivity index (χ2n) is 5.58. The van der Waals surface area contributed by atoms with Gasteiger partial charge in [0.2, 0.25) is 5.91 Å². The van der Waals surface area contributed by atoms with E-state index < -0.39 is 0 Å². The van der Waals surface area contributed by atoms with Gasteiger partial charge in [0.15, 0.2) is 0 Å². The van der Waals surface area contributed by atoms with Crippen molar-refractivity contribution in [3.05, 3.63) is 35.1 Å². The van der Waals surface area contributed by atoms with E-state index in [0.717, 1.165) is 28.6 Å². The highest BCUT2D eigenvalue weighted by atomic mass is 35.5. The van der Waals surface area contributed by atoms with Gasteiger partial charge in [-0.1, -0.05) is 19.1 Å². The third kappa shape index (κ3) is 4.24. The van der Waals surface area contributed by atoms with Crippen LogP contribution in [0.4, 0.5) is 0 Å². The quantitative estimate of drug-likeness (QED) is 0.858. The van der Waals surface area contributed by atoms with Crippen LogP contribution in [0.15, 0.2) is 22.8 Å². The van der Waals surface area contributed by atoms with Crippen molar-refractivity contribution >= 4 is 29.3 Å². The summed E-state index contributed by atoms with van der Waals surface area (Å²) in [7, 11) is 0. The van der Waals surface area contributed by atoms with E-state index in [1.165, 1.54) is 5.56 Å². The van der Waals surface area contributed by atoms with Crippen LogP contribution in [0.25, 0.3) is 11.0 Å².